The average Bonchev–Trinajstić information content (AvgIpc) is 2.30. The summed E-state index contributed by atoms with van der Waals surface area (Å²) in [6, 6.07) is 4.52. The van der Waals surface area contributed by atoms with E-state index in [1.807, 2.05) is 27.7 Å². The fourth-order valence-corrected chi connectivity index (χ4v) is 1.68. The van der Waals surface area contributed by atoms with E-state index in [4.69, 9.17) is 5.73 Å². The number of halogens is 1. The molecule has 0 amide bonds. The Bertz CT molecular complexity index is 617. The van der Waals surface area contributed by atoms with Crippen molar-refractivity contribution in [2.75, 3.05) is 5.73 Å². The highest BCUT2D eigenvalue weighted by molar-refractivity contribution is 5.60. The van der Waals surface area contributed by atoms with Crippen molar-refractivity contribution in [1.29, 1.82) is 0 Å². The Labute approximate surface area is 111 Å². The average molecular weight is 260 g/mol. The number of hydrogen-bond donors (Lipinski definition) is 1. The van der Waals surface area contributed by atoms with Crippen LogP contribution in [0.5, 0.6) is 0 Å². The van der Waals surface area contributed by atoms with E-state index in [9.17, 15) is 4.39 Å². The van der Waals surface area contributed by atoms with Crippen molar-refractivity contribution < 1.29 is 4.39 Å². The zero-order valence-corrected chi connectivity index (χ0v) is 11.5. The molecule has 1 heterocycles. The van der Waals surface area contributed by atoms with Crippen molar-refractivity contribution in [1.82, 2.24) is 15.0 Å². The van der Waals surface area contributed by atoms with Gasteiger partial charge in [0.05, 0.1) is 0 Å². The predicted molar refractivity (Wildman–Crippen MR) is 73.1 cm³/mol. The minimum absolute atomic E-state index is 0.151. The summed E-state index contributed by atoms with van der Waals surface area (Å²) in [5.41, 5.74) is 7.02. The van der Waals surface area contributed by atoms with Gasteiger partial charge in [-0.25, -0.2) is 9.37 Å². The van der Waals surface area contributed by atoms with E-state index >= 15 is 0 Å². The first-order valence-electron chi connectivity index (χ1n) is 6.06. The molecule has 19 heavy (non-hydrogen) atoms. The third-order valence-electron chi connectivity index (χ3n) is 2.76. The highest BCUT2D eigenvalue weighted by atomic mass is 19.1. The van der Waals surface area contributed by atoms with E-state index in [2.05, 4.69) is 15.0 Å². The van der Waals surface area contributed by atoms with Crippen molar-refractivity contribution in [3.8, 4) is 11.4 Å². The van der Waals surface area contributed by atoms with Crippen molar-refractivity contribution >= 4 is 5.95 Å². The second-order valence-electron chi connectivity index (χ2n) is 5.55. The summed E-state index contributed by atoms with van der Waals surface area (Å²) >= 11 is 0. The summed E-state index contributed by atoms with van der Waals surface area (Å²) in [4.78, 5) is 12.7. The van der Waals surface area contributed by atoms with Gasteiger partial charge in [-0.15, -0.1) is 0 Å². The molecule has 100 valence electrons. The zero-order chi connectivity index (χ0) is 14.2. The van der Waals surface area contributed by atoms with Crippen LogP contribution >= 0.6 is 0 Å². The van der Waals surface area contributed by atoms with E-state index in [-0.39, 0.29) is 17.2 Å². The molecule has 0 saturated carbocycles. The monoisotopic (exact) mass is 260 g/mol. The van der Waals surface area contributed by atoms with Crippen LogP contribution in [-0.4, -0.2) is 15.0 Å². The molecule has 0 aliphatic heterocycles. The number of nitrogens with two attached hydrogens (primary N) is 1. The van der Waals surface area contributed by atoms with E-state index < -0.39 is 0 Å². The fourth-order valence-electron chi connectivity index (χ4n) is 1.68. The molecular formula is C14H17FN4. The fraction of sp³-hybridized carbons (Fsp3) is 0.357. The Kier molecular flexibility index (Phi) is 3.22. The Morgan fingerprint density at radius 2 is 1.79 bits per heavy atom. The molecule has 0 spiro atoms. The normalized spacial score (nSPS) is 11.6. The van der Waals surface area contributed by atoms with Gasteiger partial charge >= 0.3 is 0 Å². The van der Waals surface area contributed by atoms with Gasteiger partial charge in [-0.3, -0.25) is 0 Å². The maximum absolute atomic E-state index is 13.4. The van der Waals surface area contributed by atoms with Crippen LogP contribution in [0.3, 0.4) is 0 Å². The lowest BCUT2D eigenvalue weighted by atomic mass is 9.95. The predicted octanol–water partition coefficient (Wildman–Crippen LogP) is 2.87. The molecule has 5 heteroatoms. The minimum Gasteiger partial charge on any atom is -0.368 e. The Balaban J connectivity index is 2.63. The number of aromatic nitrogens is 3. The second-order valence-corrected chi connectivity index (χ2v) is 5.55. The molecule has 2 rings (SSSR count). The van der Waals surface area contributed by atoms with Gasteiger partial charge in [0.2, 0.25) is 5.95 Å². The van der Waals surface area contributed by atoms with Crippen LogP contribution in [0.25, 0.3) is 11.4 Å². The van der Waals surface area contributed by atoms with Crippen molar-refractivity contribution in [3.05, 3.63) is 35.4 Å². The summed E-state index contributed by atoms with van der Waals surface area (Å²) in [6.45, 7) is 7.85. The smallest absolute Gasteiger partial charge is 0.223 e. The number of anilines is 1. The number of rotatable bonds is 1. The lowest BCUT2D eigenvalue weighted by Gasteiger charge is -2.17. The number of hydrogen-bond acceptors (Lipinski definition) is 4. The highest BCUT2D eigenvalue weighted by Gasteiger charge is 2.20. The first-order valence-corrected chi connectivity index (χ1v) is 6.06. The maximum Gasteiger partial charge on any atom is 0.223 e. The van der Waals surface area contributed by atoms with Gasteiger partial charge in [-0.2, -0.15) is 9.97 Å². The van der Waals surface area contributed by atoms with E-state index in [0.717, 1.165) is 5.56 Å². The number of nitrogen functional groups attached to an aromatic ring is 1. The van der Waals surface area contributed by atoms with Crippen LogP contribution in [0.1, 0.15) is 32.2 Å². The summed E-state index contributed by atoms with van der Waals surface area (Å²) in [5.74, 6) is 0.837. The standard InChI is InChI=1S/C14H17FN4/c1-8-5-6-9(15)7-10(8)11-17-12(14(2,3)4)19-13(16)18-11/h5-7H,1-4H3,(H2,16,17,18,19). The molecule has 0 atom stereocenters. The van der Waals surface area contributed by atoms with Gasteiger partial charge in [0, 0.05) is 11.0 Å². The molecule has 1 aromatic heterocycles. The van der Waals surface area contributed by atoms with Crippen LogP contribution in [0.4, 0.5) is 10.3 Å². The molecule has 0 bridgehead atoms. The van der Waals surface area contributed by atoms with Crippen LogP contribution in [0, 0.1) is 12.7 Å². The lowest BCUT2D eigenvalue weighted by molar-refractivity contribution is 0.544. The first-order chi connectivity index (χ1) is 8.77. The van der Waals surface area contributed by atoms with E-state index in [1.54, 1.807) is 6.07 Å². The van der Waals surface area contributed by atoms with E-state index in [1.165, 1.54) is 12.1 Å². The molecule has 0 saturated heterocycles. The second kappa shape index (κ2) is 4.57. The largest absolute Gasteiger partial charge is 0.368 e. The van der Waals surface area contributed by atoms with Gasteiger partial charge < -0.3 is 5.73 Å². The molecule has 0 aliphatic carbocycles. The molecule has 0 radical (unpaired) electrons. The topological polar surface area (TPSA) is 64.7 Å². The molecule has 1 aromatic carbocycles. The Hall–Kier alpha value is -2.04. The van der Waals surface area contributed by atoms with Crippen LogP contribution < -0.4 is 5.73 Å². The number of nitrogens with zero attached hydrogens (tertiary/aromatic N) is 3. The Morgan fingerprint density at radius 3 is 2.42 bits per heavy atom. The van der Waals surface area contributed by atoms with Crippen molar-refractivity contribution in [3.63, 3.8) is 0 Å². The lowest BCUT2D eigenvalue weighted by Crippen LogP contribution is -2.18. The Morgan fingerprint density at radius 1 is 1.11 bits per heavy atom. The quantitative estimate of drug-likeness (QED) is 0.856. The third-order valence-corrected chi connectivity index (χ3v) is 2.76. The van der Waals surface area contributed by atoms with Crippen LogP contribution in [0.2, 0.25) is 0 Å². The molecule has 2 N–H and O–H groups in total. The first kappa shape index (κ1) is 13.4. The van der Waals surface area contributed by atoms with Crippen LogP contribution in [0.15, 0.2) is 18.2 Å². The van der Waals surface area contributed by atoms with Gasteiger partial charge in [0.25, 0.3) is 0 Å². The molecule has 2 aromatic rings. The van der Waals surface area contributed by atoms with Crippen LogP contribution in [-0.2, 0) is 5.41 Å². The minimum atomic E-state index is -0.322. The van der Waals surface area contributed by atoms with Gasteiger partial charge in [-0.1, -0.05) is 26.8 Å². The molecule has 0 unspecified atom stereocenters. The summed E-state index contributed by atoms with van der Waals surface area (Å²) in [7, 11) is 0. The zero-order valence-electron chi connectivity index (χ0n) is 11.5. The van der Waals surface area contributed by atoms with Gasteiger partial charge in [-0.05, 0) is 24.6 Å². The molecule has 0 aliphatic rings. The van der Waals surface area contributed by atoms with Gasteiger partial charge in [0.1, 0.15) is 11.6 Å². The SMILES string of the molecule is Cc1ccc(F)cc1-c1nc(N)nc(C(C)(C)C)n1. The highest BCUT2D eigenvalue weighted by Crippen LogP contribution is 2.25. The summed E-state index contributed by atoms with van der Waals surface area (Å²) in [6.07, 6.45) is 0. The molecular weight excluding hydrogens is 243 g/mol. The number of aryl methyl sites for hydroxylation is 1. The number of benzene rings is 1. The summed E-state index contributed by atoms with van der Waals surface area (Å²) in [5, 5.41) is 0. The van der Waals surface area contributed by atoms with Gasteiger partial charge in [0.15, 0.2) is 5.82 Å². The molecule has 0 fully saturated rings. The third kappa shape index (κ3) is 2.86. The van der Waals surface area contributed by atoms with Crippen molar-refractivity contribution in [2.24, 2.45) is 0 Å². The van der Waals surface area contributed by atoms with E-state index in [0.29, 0.717) is 17.2 Å². The molecule has 4 nitrogen and oxygen atoms in total. The maximum atomic E-state index is 13.4. The summed E-state index contributed by atoms with van der Waals surface area (Å²) < 4.78 is 13.4. The van der Waals surface area contributed by atoms with Crippen molar-refractivity contribution in [2.45, 2.75) is 33.1 Å².